The molecule has 0 heterocycles. The zero-order chi connectivity index (χ0) is 26.6. The van der Waals surface area contributed by atoms with E-state index >= 15 is 0 Å². The van der Waals surface area contributed by atoms with Gasteiger partial charge in [0.2, 0.25) is 0 Å². The lowest BCUT2D eigenvalue weighted by atomic mass is 10.1. The predicted octanol–water partition coefficient (Wildman–Crippen LogP) is 3.94. The van der Waals surface area contributed by atoms with E-state index in [9.17, 15) is 0 Å². The number of nitrogens with two attached hydrogens (primary N) is 2. The molecular weight excluding hydrogens is 464 g/mol. The van der Waals surface area contributed by atoms with E-state index in [-0.39, 0.29) is 0 Å². The molecule has 7 heteroatoms. The number of rotatable bonds is 15. The molecule has 0 radical (unpaired) electrons. The molecule has 200 valence electrons. The van der Waals surface area contributed by atoms with Crippen LogP contribution in [0.1, 0.15) is 12.0 Å². The maximum atomic E-state index is 5.62. The molecule has 37 heavy (non-hydrogen) atoms. The normalized spacial score (nSPS) is 10.6. The summed E-state index contributed by atoms with van der Waals surface area (Å²) in [5.74, 6) is 2.64. The van der Waals surface area contributed by atoms with Gasteiger partial charge in [-0.1, -0.05) is 48.6 Å². The van der Waals surface area contributed by atoms with Crippen LogP contribution in [0.4, 0.5) is 0 Å². The van der Waals surface area contributed by atoms with Crippen molar-refractivity contribution in [2.24, 2.45) is 11.5 Å². The van der Waals surface area contributed by atoms with Crippen LogP contribution in [0.2, 0.25) is 0 Å². The monoisotopic (exact) mass is 506 g/mol. The average molecular weight is 507 g/mol. The Morgan fingerprint density at radius 2 is 1.14 bits per heavy atom. The van der Waals surface area contributed by atoms with E-state index in [4.69, 9.17) is 25.7 Å². The zero-order valence-corrected chi connectivity index (χ0v) is 22.1. The molecule has 0 atom stereocenters. The summed E-state index contributed by atoms with van der Waals surface area (Å²) in [7, 11) is 3.84. The van der Waals surface area contributed by atoms with Crippen LogP contribution in [0.5, 0.6) is 17.2 Å². The second-order valence-electron chi connectivity index (χ2n) is 8.16. The average Bonchev–Trinajstić information content (AvgIpc) is 2.94. The van der Waals surface area contributed by atoms with E-state index in [0.717, 1.165) is 47.9 Å². The van der Waals surface area contributed by atoms with Crippen molar-refractivity contribution in [2.75, 3.05) is 60.1 Å². The summed E-state index contributed by atoms with van der Waals surface area (Å²) in [5, 5.41) is 6.11. The molecule has 0 aromatic heterocycles. The molecule has 3 aromatic carbocycles. The third-order valence-electron chi connectivity index (χ3n) is 5.18. The maximum Gasteiger partial charge on any atom is 0.119 e. The smallest absolute Gasteiger partial charge is 0.119 e. The minimum atomic E-state index is 0.545. The molecule has 0 fully saturated rings. The molecule has 7 nitrogen and oxygen atoms in total. The largest absolute Gasteiger partial charge is 0.494 e. The summed E-state index contributed by atoms with van der Waals surface area (Å²) in [5.41, 5.74) is 14.3. The first-order valence-corrected chi connectivity index (χ1v) is 12.7. The van der Waals surface area contributed by atoms with Gasteiger partial charge in [0, 0.05) is 19.6 Å². The van der Waals surface area contributed by atoms with Gasteiger partial charge in [-0.15, -0.1) is 0 Å². The Hall–Kier alpha value is -3.36. The Bertz CT molecular complexity index is 939. The van der Waals surface area contributed by atoms with E-state index in [2.05, 4.69) is 47.1 Å². The zero-order valence-electron chi connectivity index (χ0n) is 22.1. The molecule has 3 aromatic rings. The minimum Gasteiger partial charge on any atom is -0.494 e. The SMILES string of the molecule is CNC/C=C/c1ccc(OCCN)cc1.CNCCOc1ccc(-c2ccc(OCCCN)cc2)cc1. The van der Waals surface area contributed by atoms with Gasteiger partial charge >= 0.3 is 0 Å². The number of nitrogens with one attached hydrogen (secondary N) is 2. The van der Waals surface area contributed by atoms with Gasteiger partial charge in [-0.3, -0.25) is 0 Å². The summed E-state index contributed by atoms with van der Waals surface area (Å²) < 4.78 is 16.6. The van der Waals surface area contributed by atoms with Crippen molar-refractivity contribution in [1.29, 1.82) is 0 Å². The first-order chi connectivity index (χ1) is 18.2. The predicted molar refractivity (Wildman–Crippen MR) is 154 cm³/mol. The lowest BCUT2D eigenvalue weighted by Crippen LogP contribution is -2.15. The fraction of sp³-hybridized carbons (Fsp3) is 0.333. The van der Waals surface area contributed by atoms with Gasteiger partial charge in [-0.2, -0.15) is 0 Å². The molecule has 0 spiro atoms. The molecule has 0 amide bonds. The Morgan fingerprint density at radius 1 is 0.622 bits per heavy atom. The van der Waals surface area contributed by atoms with Gasteiger partial charge < -0.3 is 36.3 Å². The summed E-state index contributed by atoms with van der Waals surface area (Å²) in [6.07, 6.45) is 5.02. The number of likely N-dealkylation sites (N-methyl/N-ethyl adjacent to an activating group) is 2. The van der Waals surface area contributed by atoms with E-state index in [1.807, 2.05) is 62.6 Å². The van der Waals surface area contributed by atoms with E-state index in [1.54, 1.807) is 0 Å². The van der Waals surface area contributed by atoms with Crippen LogP contribution in [0, 0.1) is 0 Å². The van der Waals surface area contributed by atoms with Crippen molar-refractivity contribution in [3.8, 4) is 28.4 Å². The van der Waals surface area contributed by atoms with Crippen molar-refractivity contribution < 1.29 is 14.2 Å². The summed E-state index contributed by atoms with van der Waals surface area (Å²) in [6, 6.07) is 24.2. The van der Waals surface area contributed by atoms with Crippen LogP contribution in [0.3, 0.4) is 0 Å². The van der Waals surface area contributed by atoms with Gasteiger partial charge in [0.15, 0.2) is 0 Å². The fourth-order valence-electron chi connectivity index (χ4n) is 3.20. The Labute approximate surface area is 221 Å². The molecule has 0 aliphatic rings. The van der Waals surface area contributed by atoms with Crippen LogP contribution >= 0.6 is 0 Å². The molecule has 0 bridgehead atoms. The molecule has 0 saturated carbocycles. The topological polar surface area (TPSA) is 104 Å². The number of hydrogen-bond donors (Lipinski definition) is 4. The Balaban J connectivity index is 0.000000281. The molecule has 6 N–H and O–H groups in total. The van der Waals surface area contributed by atoms with Crippen molar-refractivity contribution >= 4 is 6.08 Å². The van der Waals surface area contributed by atoms with Gasteiger partial charge in [-0.25, -0.2) is 0 Å². The van der Waals surface area contributed by atoms with Gasteiger partial charge in [0.1, 0.15) is 30.5 Å². The number of benzene rings is 3. The fourth-order valence-corrected chi connectivity index (χ4v) is 3.20. The van der Waals surface area contributed by atoms with Crippen LogP contribution in [-0.4, -0.2) is 60.1 Å². The van der Waals surface area contributed by atoms with Crippen molar-refractivity contribution in [2.45, 2.75) is 6.42 Å². The summed E-state index contributed by atoms with van der Waals surface area (Å²) >= 11 is 0. The third-order valence-corrected chi connectivity index (χ3v) is 5.18. The third kappa shape index (κ3) is 12.4. The first-order valence-electron chi connectivity index (χ1n) is 12.7. The van der Waals surface area contributed by atoms with E-state index < -0.39 is 0 Å². The number of ether oxygens (including phenoxy) is 3. The van der Waals surface area contributed by atoms with Crippen molar-refractivity contribution in [3.63, 3.8) is 0 Å². The standard InChI is InChI=1S/C18H24N2O2.C12H18N2O/c1-20-12-14-22-18-9-5-16(6-10-18)15-3-7-17(8-4-15)21-13-2-11-19;1-14-9-2-3-11-4-6-12(7-5-11)15-10-8-13/h3-10,20H,2,11-14,19H2,1H3;2-7,14H,8-10,13H2,1H3/b;3-2+. The molecular formula is C30H42N4O3. The highest BCUT2D eigenvalue weighted by Crippen LogP contribution is 2.24. The van der Waals surface area contributed by atoms with Gasteiger partial charge in [0.25, 0.3) is 0 Å². The van der Waals surface area contributed by atoms with E-state index in [1.165, 1.54) is 5.56 Å². The highest BCUT2D eigenvalue weighted by atomic mass is 16.5. The maximum absolute atomic E-state index is 5.62. The quantitative estimate of drug-likeness (QED) is 0.232. The molecule has 0 unspecified atom stereocenters. The highest BCUT2D eigenvalue weighted by molar-refractivity contribution is 5.64. The second-order valence-corrected chi connectivity index (χ2v) is 8.16. The van der Waals surface area contributed by atoms with Crippen molar-refractivity contribution in [3.05, 3.63) is 84.4 Å². The van der Waals surface area contributed by atoms with E-state index in [0.29, 0.717) is 32.9 Å². The lowest BCUT2D eigenvalue weighted by molar-refractivity contribution is 0.313. The Kier molecular flexibility index (Phi) is 15.2. The van der Waals surface area contributed by atoms with Crippen molar-refractivity contribution in [1.82, 2.24) is 10.6 Å². The minimum absolute atomic E-state index is 0.545. The van der Waals surface area contributed by atoms with Crippen LogP contribution < -0.4 is 36.3 Å². The van der Waals surface area contributed by atoms with Crippen LogP contribution in [-0.2, 0) is 0 Å². The Morgan fingerprint density at radius 3 is 1.62 bits per heavy atom. The van der Waals surface area contributed by atoms with Gasteiger partial charge in [-0.05, 0) is 80.1 Å². The second kappa shape index (κ2) is 18.8. The highest BCUT2D eigenvalue weighted by Gasteiger charge is 2.00. The molecule has 3 rings (SSSR count). The van der Waals surface area contributed by atoms with Crippen LogP contribution in [0.25, 0.3) is 17.2 Å². The molecule has 0 aliphatic carbocycles. The van der Waals surface area contributed by atoms with Crippen LogP contribution in [0.15, 0.2) is 78.9 Å². The molecule has 0 aliphatic heterocycles. The van der Waals surface area contributed by atoms with Gasteiger partial charge in [0.05, 0.1) is 6.61 Å². The number of hydrogen-bond acceptors (Lipinski definition) is 7. The lowest BCUT2D eigenvalue weighted by Gasteiger charge is -2.08. The summed E-state index contributed by atoms with van der Waals surface area (Å²) in [4.78, 5) is 0. The summed E-state index contributed by atoms with van der Waals surface area (Å²) in [6.45, 7) is 4.82. The molecule has 0 saturated heterocycles. The first kappa shape index (κ1) is 29.9.